The Bertz CT molecular complexity index is 726. The van der Waals surface area contributed by atoms with E-state index < -0.39 is 54.2 Å². The van der Waals surface area contributed by atoms with E-state index in [9.17, 15) is 26.7 Å². The molecule has 1 heterocycles. The number of nitrogens with one attached hydrogen (secondary N) is 1. The number of nitrogens with zero attached hydrogens (tertiary/aromatic N) is 1. The van der Waals surface area contributed by atoms with Gasteiger partial charge in [-0.2, -0.15) is 0 Å². The number of rotatable bonds is 8. The number of benzene rings is 1. The molecule has 1 saturated heterocycles. The Morgan fingerprint density at radius 3 is 2.68 bits per heavy atom. The van der Waals surface area contributed by atoms with Gasteiger partial charge < -0.3 is 11.1 Å². The van der Waals surface area contributed by atoms with Crippen molar-refractivity contribution in [1.29, 1.82) is 0 Å². The van der Waals surface area contributed by atoms with E-state index in [-0.39, 0.29) is 37.9 Å². The summed E-state index contributed by atoms with van der Waals surface area (Å²) in [5.74, 6) is -4.78. The summed E-state index contributed by atoms with van der Waals surface area (Å²) >= 11 is 0. The lowest BCUT2D eigenvalue weighted by molar-refractivity contribution is -0.127. The SMILES string of the molecule is N[C@@H](CCN1CC(F)(F)CC1CNC(=O)C1(F)CC1)Cc1cc(F)ccc1F. The Balaban J connectivity index is 1.51. The van der Waals surface area contributed by atoms with Crippen molar-refractivity contribution in [1.82, 2.24) is 10.2 Å². The molecule has 1 aliphatic heterocycles. The Kier molecular flexibility index (Phi) is 5.95. The molecular formula is C19H24F5N3O. The molecule has 3 N–H and O–H groups in total. The first-order chi connectivity index (χ1) is 13.1. The van der Waals surface area contributed by atoms with Crippen LogP contribution in [0.5, 0.6) is 0 Å². The molecule has 1 unspecified atom stereocenters. The highest BCUT2D eigenvalue weighted by Crippen LogP contribution is 2.40. The van der Waals surface area contributed by atoms with Gasteiger partial charge in [0.05, 0.1) is 6.54 Å². The Morgan fingerprint density at radius 2 is 2.00 bits per heavy atom. The maximum Gasteiger partial charge on any atom is 0.262 e. The molecule has 4 nitrogen and oxygen atoms in total. The zero-order chi connectivity index (χ0) is 20.5. The monoisotopic (exact) mass is 405 g/mol. The van der Waals surface area contributed by atoms with Gasteiger partial charge in [0, 0.05) is 31.6 Å². The summed E-state index contributed by atoms with van der Waals surface area (Å²) in [7, 11) is 0. The van der Waals surface area contributed by atoms with Crippen LogP contribution in [0.3, 0.4) is 0 Å². The summed E-state index contributed by atoms with van der Waals surface area (Å²) in [6.07, 6.45) is 0.271. The quantitative estimate of drug-likeness (QED) is 0.654. The minimum Gasteiger partial charge on any atom is -0.352 e. The molecule has 0 aromatic heterocycles. The van der Waals surface area contributed by atoms with Crippen molar-refractivity contribution >= 4 is 5.91 Å². The number of amides is 1. The highest BCUT2D eigenvalue weighted by Gasteiger charge is 2.51. The molecule has 3 rings (SSSR count). The third-order valence-electron chi connectivity index (χ3n) is 5.36. The standard InChI is InChI=1S/C19H24F5N3O/c20-13-1-2-16(21)12(7-13)8-14(25)3-6-27-11-19(23,24)9-15(27)10-26-17(28)18(22)4-5-18/h1-2,7,14-15H,3-6,8-11,25H2,(H,26,28)/t14-,15?/m0/s1. The van der Waals surface area contributed by atoms with Crippen LogP contribution >= 0.6 is 0 Å². The van der Waals surface area contributed by atoms with Gasteiger partial charge >= 0.3 is 0 Å². The Hall–Kier alpha value is -1.74. The summed E-state index contributed by atoms with van der Waals surface area (Å²) in [4.78, 5) is 13.2. The molecule has 2 aliphatic rings. The highest BCUT2D eigenvalue weighted by molar-refractivity contribution is 5.87. The van der Waals surface area contributed by atoms with Crippen molar-refractivity contribution in [2.24, 2.45) is 5.73 Å². The first kappa shape index (κ1) is 21.0. The molecule has 2 fully saturated rings. The molecule has 1 saturated carbocycles. The van der Waals surface area contributed by atoms with Gasteiger partial charge in [-0.25, -0.2) is 22.0 Å². The van der Waals surface area contributed by atoms with Crippen molar-refractivity contribution in [3.8, 4) is 0 Å². The van der Waals surface area contributed by atoms with Crippen molar-refractivity contribution < 1.29 is 26.7 Å². The van der Waals surface area contributed by atoms with E-state index in [1.165, 1.54) is 4.90 Å². The zero-order valence-electron chi connectivity index (χ0n) is 15.4. The number of hydrogen-bond acceptors (Lipinski definition) is 3. The predicted octanol–water partition coefficient (Wildman–Crippen LogP) is 2.55. The average molecular weight is 405 g/mol. The number of nitrogens with two attached hydrogens (primary N) is 1. The Morgan fingerprint density at radius 1 is 1.29 bits per heavy atom. The Labute approximate surface area is 160 Å². The van der Waals surface area contributed by atoms with E-state index in [4.69, 9.17) is 5.73 Å². The van der Waals surface area contributed by atoms with Gasteiger partial charge in [-0.1, -0.05) is 0 Å². The van der Waals surface area contributed by atoms with Crippen LogP contribution in [0.4, 0.5) is 22.0 Å². The fourth-order valence-corrected chi connectivity index (χ4v) is 3.55. The molecule has 156 valence electrons. The lowest BCUT2D eigenvalue weighted by atomic mass is 10.0. The van der Waals surface area contributed by atoms with Gasteiger partial charge in [-0.15, -0.1) is 0 Å². The van der Waals surface area contributed by atoms with Crippen LogP contribution in [0.15, 0.2) is 18.2 Å². The third kappa shape index (κ3) is 5.20. The zero-order valence-corrected chi connectivity index (χ0v) is 15.4. The maximum atomic E-state index is 13.8. The number of likely N-dealkylation sites (tertiary alicyclic amines) is 1. The number of alkyl halides is 3. The highest BCUT2D eigenvalue weighted by atomic mass is 19.3. The van der Waals surface area contributed by atoms with E-state index in [1.807, 2.05) is 0 Å². The van der Waals surface area contributed by atoms with Crippen LogP contribution in [0, 0.1) is 11.6 Å². The van der Waals surface area contributed by atoms with Gasteiger partial charge in [0.15, 0.2) is 5.67 Å². The van der Waals surface area contributed by atoms with E-state index in [0.29, 0.717) is 6.42 Å². The lowest BCUT2D eigenvalue weighted by Gasteiger charge is -2.25. The second-order valence-electron chi connectivity index (χ2n) is 7.85. The van der Waals surface area contributed by atoms with Gasteiger partial charge in [0.25, 0.3) is 11.8 Å². The second kappa shape index (κ2) is 7.94. The lowest BCUT2D eigenvalue weighted by Crippen LogP contribution is -2.44. The summed E-state index contributed by atoms with van der Waals surface area (Å²) in [6, 6.07) is 1.94. The molecular weight excluding hydrogens is 381 g/mol. The topological polar surface area (TPSA) is 58.4 Å². The summed E-state index contributed by atoms with van der Waals surface area (Å²) in [5.41, 5.74) is 4.28. The van der Waals surface area contributed by atoms with Gasteiger partial charge in [0.1, 0.15) is 11.6 Å². The second-order valence-corrected chi connectivity index (χ2v) is 7.85. The van der Waals surface area contributed by atoms with E-state index in [2.05, 4.69) is 5.32 Å². The van der Waals surface area contributed by atoms with Crippen molar-refractivity contribution in [3.05, 3.63) is 35.4 Å². The summed E-state index contributed by atoms with van der Waals surface area (Å²) < 4.78 is 68.3. The van der Waals surface area contributed by atoms with Crippen LogP contribution in [0.2, 0.25) is 0 Å². The van der Waals surface area contributed by atoms with Gasteiger partial charge in [-0.05, 0) is 49.4 Å². The van der Waals surface area contributed by atoms with Crippen molar-refractivity contribution in [2.45, 2.75) is 55.8 Å². The number of halogens is 5. The van der Waals surface area contributed by atoms with Gasteiger partial charge in [-0.3, -0.25) is 9.69 Å². The van der Waals surface area contributed by atoms with Crippen LogP contribution in [0.1, 0.15) is 31.2 Å². The first-order valence-electron chi connectivity index (χ1n) is 9.37. The van der Waals surface area contributed by atoms with Crippen LogP contribution in [0.25, 0.3) is 0 Å². The molecule has 0 spiro atoms. The fraction of sp³-hybridized carbons (Fsp3) is 0.632. The number of hydrogen-bond donors (Lipinski definition) is 2. The summed E-state index contributed by atoms with van der Waals surface area (Å²) in [5, 5.41) is 2.42. The summed E-state index contributed by atoms with van der Waals surface area (Å²) in [6.45, 7) is -0.321. The minimum atomic E-state index is -2.90. The number of carbonyl (C=O) groups is 1. The molecule has 0 radical (unpaired) electrons. The first-order valence-corrected chi connectivity index (χ1v) is 9.37. The molecule has 0 bridgehead atoms. The van der Waals surface area contributed by atoms with E-state index in [1.54, 1.807) is 0 Å². The third-order valence-corrected chi connectivity index (χ3v) is 5.36. The van der Waals surface area contributed by atoms with Crippen molar-refractivity contribution in [3.63, 3.8) is 0 Å². The van der Waals surface area contributed by atoms with E-state index in [0.717, 1.165) is 18.2 Å². The van der Waals surface area contributed by atoms with Crippen LogP contribution in [-0.4, -0.2) is 54.1 Å². The number of carbonyl (C=O) groups excluding carboxylic acids is 1. The molecule has 1 amide bonds. The van der Waals surface area contributed by atoms with E-state index >= 15 is 0 Å². The maximum absolute atomic E-state index is 13.8. The molecule has 1 aliphatic carbocycles. The smallest absolute Gasteiger partial charge is 0.262 e. The van der Waals surface area contributed by atoms with Gasteiger partial charge in [0.2, 0.25) is 0 Å². The average Bonchev–Trinajstić information content (AvgIpc) is 3.29. The molecule has 1 aromatic carbocycles. The largest absolute Gasteiger partial charge is 0.352 e. The fourth-order valence-electron chi connectivity index (χ4n) is 3.55. The molecule has 9 heteroatoms. The van der Waals surface area contributed by atoms with Crippen LogP contribution in [-0.2, 0) is 11.2 Å². The normalized spacial score (nSPS) is 24.1. The van der Waals surface area contributed by atoms with Crippen LogP contribution < -0.4 is 11.1 Å². The van der Waals surface area contributed by atoms with Crippen molar-refractivity contribution in [2.75, 3.05) is 19.6 Å². The molecule has 28 heavy (non-hydrogen) atoms. The molecule has 1 aromatic rings. The predicted molar refractivity (Wildman–Crippen MR) is 93.7 cm³/mol. The minimum absolute atomic E-state index is 0.0617. The molecule has 2 atom stereocenters.